The molecule has 10 heterocycles. The van der Waals surface area contributed by atoms with Crippen LogP contribution in [0.3, 0.4) is 0 Å². The molecule has 0 atom stereocenters. The number of nitrogens with zero attached hydrogens (tertiary/aromatic N) is 12. The summed E-state index contributed by atoms with van der Waals surface area (Å²) < 4.78 is 10.2. The van der Waals surface area contributed by atoms with E-state index in [1.165, 1.54) is 349 Å². The zero-order valence-corrected chi connectivity index (χ0v) is 78.9. The summed E-state index contributed by atoms with van der Waals surface area (Å²) in [5, 5.41) is 0. The van der Waals surface area contributed by atoms with Gasteiger partial charge in [-0.1, -0.05) is 253 Å². The molecule has 13 rings (SSSR count). The van der Waals surface area contributed by atoms with E-state index in [1.54, 1.807) is 0 Å². The van der Waals surface area contributed by atoms with E-state index in [0.717, 1.165) is 52.1 Å². The van der Waals surface area contributed by atoms with Gasteiger partial charge in [-0.25, -0.2) is 0 Å². The molecular weight excluding hydrogens is 1290 g/mol. The van der Waals surface area contributed by atoms with Crippen molar-refractivity contribution in [3.63, 3.8) is 0 Å². The third-order valence-corrected chi connectivity index (χ3v) is 19.7. The summed E-state index contributed by atoms with van der Waals surface area (Å²) in [6.07, 6.45) is 47.8. The van der Waals surface area contributed by atoms with Gasteiger partial charge in [0.25, 0.3) is 0 Å². The summed E-state index contributed by atoms with van der Waals surface area (Å²) in [5.74, 6) is 1.04. The Balaban J connectivity index is -0.000000159. The number of piperazine rings is 2. The molecule has 13 fully saturated rings. The smallest absolute Gasteiger partial charge is 0.0594 e. The molecule has 14 heteroatoms. The SMILES string of the molecule is C1CCCCC1.C1CCCCC1.C1CCOCC1.CC.CC.CC.CC.CC.CC.CC.CC.CC1CCCCC1.CCN1CCN(C)CC1.CN1CCCC1.CN1CCCC1.CN1CCCCC1.CN1CCCCC1.CN1CCCCC1.CN1CCN(C)C1.CN1CCN(C)CC1.CN1CCOCC1. The summed E-state index contributed by atoms with van der Waals surface area (Å²) in [6.45, 7) is 70.6. The Labute approximate surface area is 668 Å². The van der Waals surface area contributed by atoms with Crippen molar-refractivity contribution in [3.05, 3.63) is 0 Å². The second kappa shape index (κ2) is 105. The maximum Gasteiger partial charge on any atom is 0.0594 e. The van der Waals surface area contributed by atoms with Crippen LogP contribution < -0.4 is 0 Å². The van der Waals surface area contributed by atoms with Crippen molar-refractivity contribution >= 4 is 0 Å². The lowest BCUT2D eigenvalue weighted by molar-refractivity contribution is 0.0503. The summed E-state index contributed by atoms with van der Waals surface area (Å²) in [6, 6.07) is 0. The molecule has 0 spiro atoms. The molecular formula is C91H210N12O2. The van der Waals surface area contributed by atoms with Crippen LogP contribution in [0.5, 0.6) is 0 Å². The van der Waals surface area contributed by atoms with E-state index in [4.69, 9.17) is 9.47 Å². The molecule has 0 bridgehead atoms. The molecule has 0 aromatic rings. The molecule has 3 aliphatic carbocycles. The summed E-state index contributed by atoms with van der Waals surface area (Å²) >= 11 is 0. The zero-order chi connectivity index (χ0) is 81.1. The van der Waals surface area contributed by atoms with Crippen LogP contribution in [-0.4, -0.2) is 320 Å². The first kappa shape index (κ1) is 120. The maximum absolute atomic E-state index is 5.10. The van der Waals surface area contributed by atoms with Crippen molar-refractivity contribution in [2.24, 2.45) is 5.92 Å². The van der Waals surface area contributed by atoms with Crippen LogP contribution in [0.25, 0.3) is 0 Å². The number of likely N-dealkylation sites (tertiary alicyclic amines) is 5. The molecule has 10 aliphatic heterocycles. The third-order valence-electron chi connectivity index (χ3n) is 19.7. The fraction of sp³-hybridized carbons (Fsp3) is 1.00. The zero-order valence-electron chi connectivity index (χ0n) is 78.9. The van der Waals surface area contributed by atoms with E-state index in [2.05, 4.69) is 150 Å². The molecule has 0 aromatic carbocycles. The lowest BCUT2D eigenvalue weighted by Gasteiger charge is -2.31. The Kier molecular flexibility index (Phi) is 121. The summed E-state index contributed by atoms with van der Waals surface area (Å²) in [4.78, 5) is 28.4. The topological polar surface area (TPSA) is 57.3 Å². The average Bonchev–Trinajstić information content (AvgIpc) is 1.26. The highest BCUT2D eigenvalue weighted by Crippen LogP contribution is 2.22. The lowest BCUT2D eigenvalue weighted by atomic mass is 9.91. The van der Waals surface area contributed by atoms with Crippen LogP contribution in [0.4, 0.5) is 0 Å². The second-order valence-electron chi connectivity index (χ2n) is 29.3. The number of ether oxygens (including phenoxy) is 2. The van der Waals surface area contributed by atoms with Gasteiger partial charge in [0.1, 0.15) is 0 Å². The second-order valence-corrected chi connectivity index (χ2v) is 29.3. The molecule has 0 amide bonds. The lowest BCUT2D eigenvalue weighted by Crippen LogP contribution is -2.44. The third kappa shape index (κ3) is 101. The van der Waals surface area contributed by atoms with Crippen LogP contribution in [0.2, 0.25) is 0 Å². The van der Waals surface area contributed by atoms with Gasteiger partial charge in [-0.3, -0.25) is 9.80 Å². The van der Waals surface area contributed by atoms with Gasteiger partial charge in [-0.05, 0) is 239 Å². The van der Waals surface area contributed by atoms with Crippen molar-refractivity contribution < 1.29 is 9.47 Å². The first-order valence-corrected chi connectivity index (χ1v) is 46.6. The Hall–Kier alpha value is -0.560. The highest BCUT2D eigenvalue weighted by atomic mass is 16.5. The van der Waals surface area contributed by atoms with Crippen molar-refractivity contribution in [2.45, 2.75) is 337 Å². The Morgan fingerprint density at radius 2 is 0.362 bits per heavy atom. The van der Waals surface area contributed by atoms with E-state index in [1.807, 2.05) is 111 Å². The van der Waals surface area contributed by atoms with Gasteiger partial charge in [0.2, 0.25) is 0 Å². The van der Waals surface area contributed by atoms with Crippen molar-refractivity contribution in [1.29, 1.82) is 0 Å². The van der Waals surface area contributed by atoms with E-state index in [-0.39, 0.29) is 0 Å². The fourth-order valence-electron chi connectivity index (χ4n) is 12.6. The van der Waals surface area contributed by atoms with Crippen molar-refractivity contribution in [2.75, 3.05) is 261 Å². The Bertz CT molecular complexity index is 1160. The standard InChI is InChI=1S/C7H16N2.C7H14.C6H14N2.3C6H13N.2C6H12.C5H12N2.C5H11NO.2C5H11N.C5H10O.8C2H6/c1-3-9-6-4-8(2)5-7-9;1-7-5-3-2-4-6-7;1-7-3-5-8(2)6-4-7;3*1-7-5-3-2-4-6-7;2*1-2-4-6-5-3-1;1-6-3-4-7(2)5-6;1-6-2-4-7-5-3-6;2*1-6-4-2-3-5-6;1-2-4-6-5-3-1;8*1-2/h3-7H2,1-2H3;7H,2-6H2,1H3;3-6H2,1-2H3;3*2-6H2,1H3;2*1-6H2;3-5H2,1-2H3;2-5H2,1H3;2*2-5H2,1H3;1-5H2;8*1-2H3. The molecule has 10 saturated heterocycles. The Morgan fingerprint density at radius 3 is 0.495 bits per heavy atom. The van der Waals surface area contributed by atoms with Crippen LogP contribution in [0.15, 0.2) is 0 Å². The number of hydrogen-bond donors (Lipinski definition) is 0. The minimum absolute atomic E-state index is 0.913. The minimum atomic E-state index is 0.913. The predicted molar refractivity (Wildman–Crippen MR) is 484 cm³/mol. The van der Waals surface area contributed by atoms with Crippen LogP contribution in [0.1, 0.15) is 337 Å². The highest BCUT2D eigenvalue weighted by molar-refractivity contribution is 4.69. The van der Waals surface area contributed by atoms with E-state index in [0.29, 0.717) is 0 Å². The molecule has 0 aromatic heterocycles. The van der Waals surface area contributed by atoms with Crippen LogP contribution in [0, 0.1) is 5.92 Å². The van der Waals surface area contributed by atoms with Gasteiger partial charge in [0.15, 0.2) is 0 Å². The quantitative estimate of drug-likeness (QED) is 0.250. The van der Waals surface area contributed by atoms with Gasteiger partial charge in [0, 0.05) is 91.8 Å². The van der Waals surface area contributed by atoms with E-state index < -0.39 is 0 Å². The van der Waals surface area contributed by atoms with Crippen LogP contribution in [-0.2, 0) is 9.47 Å². The molecule has 646 valence electrons. The van der Waals surface area contributed by atoms with Gasteiger partial charge in [-0.15, -0.1) is 0 Å². The molecule has 0 unspecified atom stereocenters. The number of morpholine rings is 1. The molecule has 14 nitrogen and oxygen atoms in total. The van der Waals surface area contributed by atoms with E-state index >= 15 is 0 Å². The minimum Gasteiger partial charge on any atom is -0.381 e. The van der Waals surface area contributed by atoms with Gasteiger partial charge >= 0.3 is 0 Å². The van der Waals surface area contributed by atoms with Crippen molar-refractivity contribution in [1.82, 2.24) is 58.8 Å². The Morgan fingerprint density at radius 1 is 0.190 bits per heavy atom. The molecule has 3 saturated carbocycles. The fourth-order valence-corrected chi connectivity index (χ4v) is 12.6. The van der Waals surface area contributed by atoms with Crippen molar-refractivity contribution in [3.8, 4) is 0 Å². The number of likely N-dealkylation sites (N-methyl/N-ethyl adjacent to an activating group) is 7. The maximum atomic E-state index is 5.10. The van der Waals surface area contributed by atoms with Gasteiger partial charge in [-0.2, -0.15) is 0 Å². The van der Waals surface area contributed by atoms with Crippen LogP contribution >= 0.6 is 0 Å². The molecule has 13 aliphatic rings. The summed E-state index contributed by atoms with van der Waals surface area (Å²) in [7, 11) is 23.9. The molecule has 0 radical (unpaired) electrons. The summed E-state index contributed by atoms with van der Waals surface area (Å²) in [5.41, 5.74) is 0. The normalized spacial score (nSPS) is 21.8. The average molecular weight is 1500 g/mol. The number of rotatable bonds is 1. The molecule has 105 heavy (non-hydrogen) atoms. The van der Waals surface area contributed by atoms with Gasteiger partial charge in [0.05, 0.1) is 19.9 Å². The number of piperidine rings is 3. The number of hydrogen-bond acceptors (Lipinski definition) is 14. The van der Waals surface area contributed by atoms with E-state index in [9.17, 15) is 0 Å². The highest BCUT2D eigenvalue weighted by Gasteiger charge is 2.13. The van der Waals surface area contributed by atoms with Gasteiger partial charge < -0.3 is 58.5 Å². The molecule has 0 N–H and O–H groups in total. The monoisotopic (exact) mass is 1500 g/mol. The predicted octanol–water partition coefficient (Wildman–Crippen LogP) is 21.3. The first-order valence-electron chi connectivity index (χ1n) is 46.6. The first-order chi connectivity index (χ1) is 51.2. The largest absolute Gasteiger partial charge is 0.381 e.